The van der Waals surface area contributed by atoms with Crippen LogP contribution in [0.5, 0.6) is 0 Å². The van der Waals surface area contributed by atoms with E-state index in [2.05, 4.69) is 82.1 Å². The van der Waals surface area contributed by atoms with Gasteiger partial charge < -0.3 is 29.2 Å². The number of esters is 1. The number of likely N-dealkylation sites (tertiary alicyclic amines) is 1. The molecule has 0 spiro atoms. The Bertz CT molecular complexity index is 1520. The molecule has 0 aromatic heterocycles. The Hall–Kier alpha value is -2.16. The van der Waals surface area contributed by atoms with Crippen molar-refractivity contribution in [1.82, 2.24) is 10.2 Å². The average Bonchev–Trinajstić information content (AvgIpc) is 3.68. The lowest BCUT2D eigenvalue weighted by Gasteiger charge is -2.58. The lowest BCUT2D eigenvalue weighted by molar-refractivity contribution is -0.146. The molecule has 0 aromatic carbocycles. The summed E-state index contributed by atoms with van der Waals surface area (Å²) in [5, 5.41) is 2.77. The van der Waals surface area contributed by atoms with Gasteiger partial charge in [0.2, 0.25) is 0 Å². The van der Waals surface area contributed by atoms with Crippen LogP contribution in [0.4, 0.5) is 4.79 Å². The highest BCUT2D eigenvalue weighted by Crippen LogP contribution is 2.67. The zero-order valence-electron chi connectivity index (χ0n) is 45.0. The molecule has 0 bridgehead atoms. The first-order valence-corrected chi connectivity index (χ1v) is 29.0. The van der Waals surface area contributed by atoms with Crippen molar-refractivity contribution in [3.05, 3.63) is 36.0 Å². The Balaban J connectivity index is 0.928. The van der Waals surface area contributed by atoms with Gasteiger partial charge in [0.1, 0.15) is 12.1 Å². The quantitative estimate of drug-likeness (QED) is 0.0408. The predicted molar refractivity (Wildman–Crippen MR) is 282 cm³/mol. The van der Waals surface area contributed by atoms with Crippen molar-refractivity contribution in [2.45, 2.75) is 240 Å². The molecule has 4 fully saturated rings. The maximum atomic E-state index is 13.1. The van der Waals surface area contributed by atoms with Crippen LogP contribution in [-0.4, -0.2) is 81.3 Å². The number of nitrogens with zero attached hydrogens (tertiary/aromatic N) is 1. The van der Waals surface area contributed by atoms with E-state index in [1.807, 2.05) is 0 Å². The highest BCUT2D eigenvalue weighted by atomic mass is 16.6. The van der Waals surface area contributed by atoms with Gasteiger partial charge in [-0.3, -0.25) is 0 Å². The summed E-state index contributed by atoms with van der Waals surface area (Å²) < 4.78 is 24.1. The maximum Gasteiger partial charge on any atom is 0.408 e. The smallest absolute Gasteiger partial charge is 0.408 e. The van der Waals surface area contributed by atoms with Gasteiger partial charge in [-0.25, -0.2) is 9.59 Å². The molecule has 1 saturated heterocycles. The van der Waals surface area contributed by atoms with E-state index in [-0.39, 0.29) is 24.2 Å². The summed E-state index contributed by atoms with van der Waals surface area (Å²) >= 11 is 0. The van der Waals surface area contributed by atoms with Crippen molar-refractivity contribution in [2.75, 3.05) is 46.1 Å². The molecule has 10 atom stereocenters. The number of fused-ring (bicyclic) bond motifs is 5. The molecule has 4 aliphatic carbocycles. The lowest BCUT2D eigenvalue weighted by atomic mass is 9.47. The molecule has 3 saturated carbocycles. The molecular formula is C60H104N2O6. The molecule has 8 nitrogen and oxygen atoms in total. The second kappa shape index (κ2) is 30.7. The fourth-order valence-corrected chi connectivity index (χ4v) is 13.8. The van der Waals surface area contributed by atoms with Gasteiger partial charge in [-0.05, 0) is 163 Å². The van der Waals surface area contributed by atoms with Gasteiger partial charge in [0.25, 0.3) is 0 Å². The summed E-state index contributed by atoms with van der Waals surface area (Å²) in [6, 6.07) is -0.781. The molecule has 390 valence electrons. The third-order valence-electron chi connectivity index (χ3n) is 17.8. The highest BCUT2D eigenvalue weighted by molar-refractivity contribution is 5.80. The second-order valence-corrected chi connectivity index (χ2v) is 23.5. The van der Waals surface area contributed by atoms with Gasteiger partial charge >= 0.3 is 12.1 Å². The fourth-order valence-electron chi connectivity index (χ4n) is 13.8. The minimum atomic E-state index is -0.781. The van der Waals surface area contributed by atoms with Gasteiger partial charge in [-0.2, -0.15) is 0 Å². The van der Waals surface area contributed by atoms with Crippen LogP contribution in [0.25, 0.3) is 0 Å². The van der Waals surface area contributed by atoms with Crippen molar-refractivity contribution in [1.29, 1.82) is 0 Å². The summed E-state index contributed by atoms with van der Waals surface area (Å²) in [4.78, 5) is 28.6. The van der Waals surface area contributed by atoms with E-state index < -0.39 is 18.1 Å². The first-order valence-electron chi connectivity index (χ1n) is 29.0. The minimum Gasteiger partial charge on any atom is -0.464 e. The molecule has 9 unspecified atom stereocenters. The summed E-state index contributed by atoms with van der Waals surface area (Å²) in [5.41, 5.74) is 2.19. The number of nitrogens with one attached hydrogen (secondary N) is 1. The second-order valence-electron chi connectivity index (χ2n) is 23.5. The van der Waals surface area contributed by atoms with Crippen LogP contribution in [0.15, 0.2) is 36.0 Å². The van der Waals surface area contributed by atoms with Crippen molar-refractivity contribution in [2.24, 2.45) is 46.3 Å². The van der Waals surface area contributed by atoms with Gasteiger partial charge in [0.05, 0.1) is 25.9 Å². The summed E-state index contributed by atoms with van der Waals surface area (Å²) in [7, 11) is 0. The molecule has 68 heavy (non-hydrogen) atoms. The molecule has 1 N–H and O–H groups in total. The molecule has 0 radical (unpaired) electrons. The van der Waals surface area contributed by atoms with E-state index >= 15 is 0 Å². The number of rotatable bonds is 32. The Kier molecular flexibility index (Phi) is 25.6. The lowest BCUT2D eigenvalue weighted by Crippen LogP contribution is -2.51. The van der Waals surface area contributed by atoms with Crippen LogP contribution < -0.4 is 5.32 Å². The van der Waals surface area contributed by atoms with Crippen LogP contribution in [-0.2, 0) is 23.7 Å². The number of ether oxygens (including phenoxy) is 4. The molecule has 1 amide bonds. The first-order chi connectivity index (χ1) is 32.9. The number of allylic oxidation sites excluding steroid dienone is 5. The molecular weight excluding hydrogens is 845 g/mol. The molecule has 0 aromatic rings. The normalized spacial score (nSPS) is 28.8. The highest BCUT2D eigenvalue weighted by Gasteiger charge is 2.59. The standard InChI is InChI=1S/C60H104N2O6/c1-8-9-10-11-12-13-14-15-16-17-18-19-20-21-22-26-41-65-46-52(45-62-39-24-23-25-40-62)66-42-28-43-67-57(63)49(5)61-58(64)68-51-35-37-59(6)50(44-51)31-32-53-55-34-33-54(48(4)30-27-29-47(2)3)60(55,7)38-36-56(53)59/h12-13,15-16,31,47-49,51-56H,8-11,14,17-30,32-46H2,1-7H3,(H,61,64)/b13-12-,16-15-/t48?,49?,51?,52?,53?,54?,55?,56?,59?,60-/m1/s1. The van der Waals surface area contributed by atoms with Crippen LogP contribution in [0.2, 0.25) is 0 Å². The number of carbonyl (C=O) groups is 2. The van der Waals surface area contributed by atoms with E-state index in [1.54, 1.807) is 6.92 Å². The third kappa shape index (κ3) is 18.2. The maximum absolute atomic E-state index is 13.1. The number of amides is 1. The van der Waals surface area contributed by atoms with Crippen LogP contribution in [0, 0.1) is 46.3 Å². The predicted octanol–water partition coefficient (Wildman–Crippen LogP) is 15.1. The largest absolute Gasteiger partial charge is 0.464 e. The summed E-state index contributed by atoms with van der Waals surface area (Å²) in [5.74, 6) is 4.41. The van der Waals surface area contributed by atoms with Crippen molar-refractivity contribution >= 4 is 12.1 Å². The number of alkyl carbamates (subject to hydrolysis) is 1. The number of piperidine rings is 1. The van der Waals surface area contributed by atoms with Crippen molar-refractivity contribution in [3.8, 4) is 0 Å². The molecule has 1 heterocycles. The zero-order valence-corrected chi connectivity index (χ0v) is 45.0. The topological polar surface area (TPSA) is 86.3 Å². The number of carbonyl (C=O) groups excluding carboxylic acids is 2. The van der Waals surface area contributed by atoms with E-state index in [0.29, 0.717) is 25.0 Å². The van der Waals surface area contributed by atoms with E-state index in [9.17, 15) is 9.59 Å². The molecule has 5 aliphatic rings. The SMILES string of the molecule is CCCCC/C=C\C/C=C\CCCCCCCCOCC(CN1CCCCC1)OCCCOC(=O)C(C)NC(=O)OC1CCC2(C)C(=CCC3C2CC[C@]2(C)C(C(C)CCCC(C)C)CCC32)C1. The van der Waals surface area contributed by atoms with Crippen LogP contribution in [0.3, 0.4) is 0 Å². The first kappa shape index (κ1) is 56.8. The van der Waals surface area contributed by atoms with E-state index in [0.717, 1.165) is 93.9 Å². The Morgan fingerprint density at radius 3 is 2.26 bits per heavy atom. The average molecular weight is 949 g/mol. The number of hydrogen-bond acceptors (Lipinski definition) is 7. The van der Waals surface area contributed by atoms with Crippen molar-refractivity contribution in [3.63, 3.8) is 0 Å². The monoisotopic (exact) mass is 949 g/mol. The van der Waals surface area contributed by atoms with Gasteiger partial charge in [0.15, 0.2) is 0 Å². The van der Waals surface area contributed by atoms with Gasteiger partial charge in [-0.1, -0.05) is 142 Å². The Labute approximate surface area is 417 Å². The molecule has 8 heteroatoms. The minimum absolute atomic E-state index is 0.00352. The zero-order chi connectivity index (χ0) is 48.6. The van der Waals surface area contributed by atoms with E-state index in [4.69, 9.17) is 18.9 Å². The molecule has 5 rings (SSSR count). The molecule has 1 aliphatic heterocycles. The fraction of sp³-hybridized carbons (Fsp3) is 0.867. The van der Waals surface area contributed by atoms with Gasteiger partial charge in [0, 0.05) is 26.0 Å². The summed E-state index contributed by atoms with van der Waals surface area (Å²) in [6.45, 7) is 21.7. The number of unbranched alkanes of at least 4 members (excludes halogenated alkanes) is 9. The van der Waals surface area contributed by atoms with E-state index in [1.165, 1.54) is 140 Å². The Morgan fingerprint density at radius 2 is 1.51 bits per heavy atom. The summed E-state index contributed by atoms with van der Waals surface area (Å²) in [6.07, 6.45) is 44.1. The Morgan fingerprint density at radius 1 is 0.779 bits per heavy atom. The van der Waals surface area contributed by atoms with Gasteiger partial charge in [-0.15, -0.1) is 0 Å². The third-order valence-corrected chi connectivity index (χ3v) is 17.8. The van der Waals surface area contributed by atoms with Crippen molar-refractivity contribution < 1.29 is 28.5 Å². The van der Waals surface area contributed by atoms with Crippen LogP contribution >= 0.6 is 0 Å². The number of hydrogen-bond donors (Lipinski definition) is 1. The van der Waals surface area contributed by atoms with Crippen LogP contribution in [0.1, 0.15) is 222 Å².